The Morgan fingerprint density at radius 3 is 2.73 bits per heavy atom. The van der Waals surface area contributed by atoms with E-state index < -0.39 is 6.10 Å². The number of halogens is 1. The lowest BCUT2D eigenvalue weighted by Gasteiger charge is -2.19. The Bertz CT molecular complexity index is 1130. The Morgan fingerprint density at radius 2 is 2.03 bits per heavy atom. The van der Waals surface area contributed by atoms with Crippen molar-refractivity contribution in [1.82, 2.24) is 14.5 Å². The van der Waals surface area contributed by atoms with Gasteiger partial charge in [-0.3, -0.25) is 14.2 Å². The first kappa shape index (κ1) is 22.5. The van der Waals surface area contributed by atoms with Crippen molar-refractivity contribution in [2.24, 2.45) is 0 Å². The van der Waals surface area contributed by atoms with E-state index in [1.54, 1.807) is 31.0 Å². The van der Waals surface area contributed by atoms with Gasteiger partial charge in [0.05, 0.1) is 29.3 Å². The molecule has 8 heteroatoms. The fraction of sp³-hybridized carbons (Fsp3) is 0.318. The van der Waals surface area contributed by atoms with Crippen molar-refractivity contribution in [3.63, 3.8) is 0 Å². The van der Waals surface area contributed by atoms with E-state index in [9.17, 15) is 14.7 Å². The quantitative estimate of drug-likeness (QED) is 0.405. The van der Waals surface area contributed by atoms with Crippen LogP contribution < -0.4 is 5.56 Å². The molecule has 6 nitrogen and oxygen atoms in total. The summed E-state index contributed by atoms with van der Waals surface area (Å²) in [7, 11) is 1.77. The van der Waals surface area contributed by atoms with E-state index in [0.29, 0.717) is 22.6 Å². The molecule has 3 rings (SSSR count). The van der Waals surface area contributed by atoms with Crippen molar-refractivity contribution >= 4 is 44.5 Å². The third-order valence-electron chi connectivity index (χ3n) is 4.75. The van der Waals surface area contributed by atoms with Crippen LogP contribution in [0.4, 0.5) is 0 Å². The second kappa shape index (κ2) is 9.76. The SMILES string of the molecule is Cc1ccccc1CN(C)C(=O)CSc1nc2ccc(Br)cc2c(=O)n1C[C@H](C)O. The molecular weight excluding hydrogens is 466 g/mol. The van der Waals surface area contributed by atoms with Gasteiger partial charge in [-0.1, -0.05) is 52.0 Å². The molecule has 0 bridgehead atoms. The Hall–Kier alpha value is -2.16. The zero-order valence-electron chi connectivity index (χ0n) is 17.1. The molecule has 2 aromatic carbocycles. The molecule has 158 valence electrons. The highest BCUT2D eigenvalue weighted by molar-refractivity contribution is 9.10. The van der Waals surface area contributed by atoms with E-state index in [1.807, 2.05) is 37.3 Å². The number of aryl methyl sites for hydroxylation is 1. The Labute approximate surface area is 188 Å². The van der Waals surface area contributed by atoms with Crippen LogP contribution in [-0.4, -0.2) is 44.4 Å². The molecule has 1 aromatic heterocycles. The highest BCUT2D eigenvalue weighted by atomic mass is 79.9. The predicted molar refractivity (Wildman–Crippen MR) is 124 cm³/mol. The first-order valence-electron chi connectivity index (χ1n) is 9.55. The molecule has 1 heterocycles. The van der Waals surface area contributed by atoms with Gasteiger partial charge in [0.1, 0.15) is 0 Å². The summed E-state index contributed by atoms with van der Waals surface area (Å²) in [6, 6.07) is 13.3. The molecule has 1 N–H and O–H groups in total. The molecule has 0 unspecified atom stereocenters. The maximum atomic E-state index is 13.0. The van der Waals surface area contributed by atoms with Gasteiger partial charge in [0.15, 0.2) is 5.16 Å². The standard InChI is InChI=1S/C22H24BrN3O3S/c1-14-6-4-5-7-16(14)12-25(3)20(28)13-30-22-24-19-9-8-17(23)10-18(19)21(29)26(22)11-15(2)27/h4-10,15,27H,11-13H2,1-3H3/t15-/m0/s1. The van der Waals surface area contributed by atoms with Crippen LogP contribution >= 0.6 is 27.7 Å². The number of carbonyl (C=O) groups is 1. The van der Waals surface area contributed by atoms with E-state index in [2.05, 4.69) is 20.9 Å². The molecule has 1 atom stereocenters. The van der Waals surface area contributed by atoms with Gasteiger partial charge in [0, 0.05) is 18.1 Å². The number of carbonyl (C=O) groups excluding carboxylic acids is 1. The number of hydrogen-bond donors (Lipinski definition) is 1. The first-order valence-corrected chi connectivity index (χ1v) is 11.3. The first-order chi connectivity index (χ1) is 14.3. The van der Waals surface area contributed by atoms with Crippen molar-refractivity contribution in [3.05, 3.63) is 68.4 Å². The maximum Gasteiger partial charge on any atom is 0.262 e. The van der Waals surface area contributed by atoms with E-state index in [-0.39, 0.29) is 23.8 Å². The summed E-state index contributed by atoms with van der Waals surface area (Å²) in [4.78, 5) is 31.9. The summed E-state index contributed by atoms with van der Waals surface area (Å²) >= 11 is 4.59. The van der Waals surface area contributed by atoms with Crippen LogP contribution in [0.25, 0.3) is 10.9 Å². The van der Waals surface area contributed by atoms with Gasteiger partial charge in [-0.2, -0.15) is 0 Å². The van der Waals surface area contributed by atoms with Gasteiger partial charge < -0.3 is 10.0 Å². The van der Waals surface area contributed by atoms with Crippen LogP contribution in [0, 0.1) is 6.92 Å². The number of benzene rings is 2. The number of hydrogen-bond acceptors (Lipinski definition) is 5. The van der Waals surface area contributed by atoms with Gasteiger partial charge >= 0.3 is 0 Å². The number of fused-ring (bicyclic) bond motifs is 1. The number of aliphatic hydroxyl groups excluding tert-OH is 1. The molecule has 0 fully saturated rings. The minimum Gasteiger partial charge on any atom is -0.392 e. The van der Waals surface area contributed by atoms with Crippen molar-refractivity contribution in [2.45, 2.75) is 38.2 Å². The van der Waals surface area contributed by atoms with Gasteiger partial charge in [0.2, 0.25) is 5.91 Å². The van der Waals surface area contributed by atoms with Gasteiger partial charge in [-0.15, -0.1) is 0 Å². The van der Waals surface area contributed by atoms with Gasteiger partial charge in [0.25, 0.3) is 5.56 Å². The lowest BCUT2D eigenvalue weighted by molar-refractivity contribution is -0.127. The van der Waals surface area contributed by atoms with Crippen LogP contribution in [0.15, 0.2) is 56.9 Å². The number of aromatic nitrogens is 2. The summed E-state index contributed by atoms with van der Waals surface area (Å²) in [5.74, 6) is 0.0911. The van der Waals surface area contributed by atoms with Crippen molar-refractivity contribution in [1.29, 1.82) is 0 Å². The lowest BCUT2D eigenvalue weighted by Crippen LogP contribution is -2.30. The summed E-state index contributed by atoms with van der Waals surface area (Å²) in [5, 5.41) is 10.8. The molecule has 0 saturated heterocycles. The zero-order valence-corrected chi connectivity index (χ0v) is 19.5. The second-order valence-corrected chi connectivity index (χ2v) is 9.14. The van der Waals surface area contributed by atoms with Crippen molar-refractivity contribution in [2.75, 3.05) is 12.8 Å². The van der Waals surface area contributed by atoms with Gasteiger partial charge in [-0.05, 0) is 43.2 Å². The van der Waals surface area contributed by atoms with Crippen LogP contribution in [0.3, 0.4) is 0 Å². The molecule has 30 heavy (non-hydrogen) atoms. The zero-order chi connectivity index (χ0) is 21.8. The Morgan fingerprint density at radius 1 is 1.30 bits per heavy atom. The van der Waals surface area contributed by atoms with E-state index in [4.69, 9.17) is 0 Å². The normalized spacial score (nSPS) is 12.2. The molecule has 0 aliphatic rings. The summed E-state index contributed by atoms with van der Waals surface area (Å²) < 4.78 is 2.23. The topological polar surface area (TPSA) is 75.4 Å². The number of aliphatic hydroxyl groups is 1. The monoisotopic (exact) mass is 489 g/mol. The fourth-order valence-corrected chi connectivity index (χ4v) is 4.39. The van der Waals surface area contributed by atoms with Crippen molar-refractivity contribution < 1.29 is 9.90 Å². The van der Waals surface area contributed by atoms with Crippen molar-refractivity contribution in [3.8, 4) is 0 Å². The van der Waals surface area contributed by atoms with E-state index in [0.717, 1.165) is 15.6 Å². The molecule has 0 spiro atoms. The molecule has 0 radical (unpaired) electrons. The van der Waals surface area contributed by atoms with Crippen LogP contribution in [0.5, 0.6) is 0 Å². The molecule has 1 amide bonds. The third-order valence-corrected chi connectivity index (χ3v) is 6.20. The van der Waals surface area contributed by atoms with Gasteiger partial charge in [-0.25, -0.2) is 4.98 Å². The summed E-state index contributed by atoms with van der Waals surface area (Å²) in [6.45, 7) is 4.28. The third kappa shape index (κ3) is 5.30. The van der Waals surface area contributed by atoms with Crippen LogP contribution in [0.2, 0.25) is 0 Å². The highest BCUT2D eigenvalue weighted by Gasteiger charge is 2.17. The lowest BCUT2D eigenvalue weighted by atomic mass is 10.1. The number of amides is 1. The Balaban J connectivity index is 1.82. The van der Waals surface area contributed by atoms with E-state index in [1.165, 1.54) is 16.3 Å². The number of nitrogens with zero attached hydrogens (tertiary/aromatic N) is 3. The predicted octanol–water partition coefficient (Wildman–Crippen LogP) is 3.60. The Kier molecular flexibility index (Phi) is 7.33. The minimum absolute atomic E-state index is 0.0583. The largest absolute Gasteiger partial charge is 0.392 e. The highest BCUT2D eigenvalue weighted by Crippen LogP contribution is 2.21. The number of rotatable bonds is 7. The molecule has 0 aliphatic carbocycles. The smallest absolute Gasteiger partial charge is 0.262 e. The maximum absolute atomic E-state index is 13.0. The van der Waals surface area contributed by atoms with Crippen LogP contribution in [0.1, 0.15) is 18.1 Å². The van der Waals surface area contributed by atoms with E-state index >= 15 is 0 Å². The summed E-state index contributed by atoms with van der Waals surface area (Å²) in [5.41, 5.74) is 2.57. The molecule has 3 aromatic rings. The molecule has 0 aliphatic heterocycles. The molecular formula is C22H24BrN3O3S. The summed E-state index contributed by atoms with van der Waals surface area (Å²) in [6.07, 6.45) is -0.715. The average molecular weight is 490 g/mol. The number of thioether (sulfide) groups is 1. The fourth-order valence-electron chi connectivity index (χ4n) is 3.08. The minimum atomic E-state index is -0.715. The second-order valence-electron chi connectivity index (χ2n) is 7.29. The molecule has 0 saturated carbocycles. The average Bonchev–Trinajstić information content (AvgIpc) is 2.70. The van der Waals surface area contributed by atoms with Crippen LogP contribution in [-0.2, 0) is 17.9 Å².